The highest BCUT2D eigenvalue weighted by atomic mass is 16.5. The molecule has 210 valence electrons. The zero-order valence-corrected chi connectivity index (χ0v) is 22.8. The molecular weight excluding hydrogens is 482 g/mol. The Kier molecular flexibility index (Phi) is 10.8. The molecule has 8 heteroatoms. The molecule has 4 N–H and O–H groups in total. The fourth-order valence-corrected chi connectivity index (χ4v) is 6.28. The van der Waals surface area contributed by atoms with Gasteiger partial charge in [0, 0.05) is 45.9 Å². The molecule has 0 amide bonds. The minimum absolute atomic E-state index is 0.100. The lowest BCUT2D eigenvalue weighted by Gasteiger charge is -2.39. The van der Waals surface area contributed by atoms with Crippen LogP contribution in [-0.4, -0.2) is 57.2 Å². The molecule has 4 atom stereocenters. The highest BCUT2D eigenvalue weighted by Gasteiger charge is 2.35. The van der Waals surface area contributed by atoms with Crippen LogP contribution in [0.5, 0.6) is 0 Å². The zero-order valence-electron chi connectivity index (χ0n) is 22.8. The maximum Gasteiger partial charge on any atom is 0.253 e. The molecule has 1 aliphatic carbocycles. The lowest BCUT2D eigenvalue weighted by Crippen LogP contribution is -2.50. The van der Waals surface area contributed by atoms with Gasteiger partial charge in [-0.15, -0.1) is 0 Å². The maximum absolute atomic E-state index is 12.9. The van der Waals surface area contributed by atoms with Gasteiger partial charge in [-0.3, -0.25) is 9.59 Å². The molecule has 2 aromatic carbocycles. The second-order valence-corrected chi connectivity index (χ2v) is 11.1. The van der Waals surface area contributed by atoms with Crippen molar-refractivity contribution in [3.05, 3.63) is 56.3 Å². The number of nitrogens with one attached hydrogen (secondary N) is 1. The first-order valence-electron chi connectivity index (χ1n) is 14.4. The van der Waals surface area contributed by atoms with Crippen LogP contribution in [0.2, 0.25) is 0 Å². The summed E-state index contributed by atoms with van der Waals surface area (Å²) in [6.45, 7) is 2.70. The van der Waals surface area contributed by atoms with Gasteiger partial charge in [-0.25, -0.2) is 0 Å². The molecule has 0 bridgehead atoms. The van der Waals surface area contributed by atoms with Crippen LogP contribution in [-0.2, 0) is 9.47 Å². The Morgan fingerprint density at radius 3 is 2.53 bits per heavy atom. The quantitative estimate of drug-likeness (QED) is 0.253. The molecule has 2 aromatic rings. The van der Waals surface area contributed by atoms with Gasteiger partial charge in [0.2, 0.25) is 0 Å². The van der Waals surface area contributed by atoms with Gasteiger partial charge >= 0.3 is 0 Å². The SMILES string of the molecule is COCCCOC(c1ccccc1)C1CCCN(c2c(NC(CC3CCCCC3)C(O)CN)c(=O)c2=O)C1. The summed E-state index contributed by atoms with van der Waals surface area (Å²) in [4.78, 5) is 27.7. The Balaban J connectivity index is 1.50. The number of aliphatic hydroxyl groups is 1. The van der Waals surface area contributed by atoms with Gasteiger partial charge < -0.3 is 30.5 Å². The van der Waals surface area contributed by atoms with E-state index in [1.54, 1.807) is 7.11 Å². The van der Waals surface area contributed by atoms with E-state index >= 15 is 0 Å². The van der Waals surface area contributed by atoms with Crippen molar-refractivity contribution in [2.75, 3.05) is 50.2 Å². The second kappa shape index (κ2) is 14.2. The highest BCUT2D eigenvalue weighted by Crippen LogP contribution is 2.36. The molecule has 4 rings (SSSR count). The fraction of sp³-hybridized carbons (Fsp3) is 0.667. The number of ether oxygens (including phenoxy) is 2. The first kappa shape index (κ1) is 28.7. The van der Waals surface area contributed by atoms with E-state index in [4.69, 9.17) is 15.2 Å². The third-order valence-corrected chi connectivity index (χ3v) is 8.35. The summed E-state index contributed by atoms with van der Waals surface area (Å²) in [5.41, 5.74) is 6.83. The molecule has 1 heterocycles. The predicted molar refractivity (Wildman–Crippen MR) is 152 cm³/mol. The molecule has 2 fully saturated rings. The van der Waals surface area contributed by atoms with Crippen molar-refractivity contribution >= 4 is 11.4 Å². The van der Waals surface area contributed by atoms with Crippen LogP contribution in [0.3, 0.4) is 0 Å². The highest BCUT2D eigenvalue weighted by molar-refractivity contribution is 5.75. The molecule has 1 saturated carbocycles. The number of methoxy groups -OCH3 is 1. The number of aliphatic hydroxyl groups excluding tert-OH is 1. The number of hydrogen-bond donors (Lipinski definition) is 3. The largest absolute Gasteiger partial charge is 0.390 e. The molecule has 0 aromatic heterocycles. The van der Waals surface area contributed by atoms with E-state index in [9.17, 15) is 14.7 Å². The molecule has 4 unspecified atom stereocenters. The Hall–Kier alpha value is -2.26. The summed E-state index contributed by atoms with van der Waals surface area (Å²) in [6, 6.07) is 9.89. The van der Waals surface area contributed by atoms with Crippen molar-refractivity contribution in [1.82, 2.24) is 0 Å². The van der Waals surface area contributed by atoms with Crippen LogP contribution in [0.25, 0.3) is 0 Å². The first-order valence-corrected chi connectivity index (χ1v) is 14.4. The predicted octanol–water partition coefficient (Wildman–Crippen LogP) is 3.36. The van der Waals surface area contributed by atoms with Crippen LogP contribution in [0.4, 0.5) is 11.4 Å². The number of benzene rings is 1. The number of hydrogen-bond acceptors (Lipinski definition) is 8. The average molecular weight is 528 g/mol. The Morgan fingerprint density at radius 2 is 1.82 bits per heavy atom. The van der Waals surface area contributed by atoms with Crippen molar-refractivity contribution < 1.29 is 14.6 Å². The van der Waals surface area contributed by atoms with E-state index in [1.165, 1.54) is 19.3 Å². The van der Waals surface area contributed by atoms with Crippen LogP contribution in [0, 0.1) is 11.8 Å². The first-order chi connectivity index (χ1) is 18.5. The molecule has 2 aliphatic rings. The number of rotatable bonds is 14. The standard InChI is InChI=1S/C30H45N3O5/c1-37-16-9-17-38-30(22-12-6-3-7-13-22)23-14-8-15-33(20-23)27-26(28(35)29(27)36)32-24(25(34)19-31)18-21-10-4-2-5-11-21/h3,6-7,12-13,21,23-25,30,32,34H,2,4-5,8-11,14-20,31H2,1H3. The third kappa shape index (κ3) is 7.03. The molecule has 0 spiro atoms. The average Bonchev–Trinajstić information content (AvgIpc) is 2.96. The van der Waals surface area contributed by atoms with E-state index in [1.807, 2.05) is 18.2 Å². The number of anilines is 2. The van der Waals surface area contributed by atoms with E-state index in [-0.39, 0.29) is 24.6 Å². The van der Waals surface area contributed by atoms with Crippen molar-refractivity contribution in [1.29, 1.82) is 0 Å². The number of piperidine rings is 1. The molecule has 0 radical (unpaired) electrons. The maximum atomic E-state index is 12.9. The summed E-state index contributed by atoms with van der Waals surface area (Å²) >= 11 is 0. The monoisotopic (exact) mass is 527 g/mol. The van der Waals surface area contributed by atoms with Crippen LogP contribution >= 0.6 is 0 Å². The second-order valence-electron chi connectivity index (χ2n) is 11.1. The van der Waals surface area contributed by atoms with Gasteiger partial charge in [0.15, 0.2) is 0 Å². The molecule has 8 nitrogen and oxygen atoms in total. The summed E-state index contributed by atoms with van der Waals surface area (Å²) in [7, 11) is 1.69. The number of nitrogens with two attached hydrogens (primary N) is 1. The normalized spacial score (nSPS) is 21.3. The summed E-state index contributed by atoms with van der Waals surface area (Å²) in [5, 5.41) is 14.0. The number of nitrogens with zero attached hydrogens (tertiary/aromatic N) is 1. The molecule has 1 aliphatic heterocycles. The van der Waals surface area contributed by atoms with Gasteiger partial charge in [-0.2, -0.15) is 0 Å². The van der Waals surface area contributed by atoms with Crippen molar-refractivity contribution in [2.45, 2.75) is 76.0 Å². The van der Waals surface area contributed by atoms with Gasteiger partial charge in [0.1, 0.15) is 11.4 Å². The van der Waals surface area contributed by atoms with Crippen molar-refractivity contribution in [3.8, 4) is 0 Å². The Morgan fingerprint density at radius 1 is 1.05 bits per heavy atom. The smallest absolute Gasteiger partial charge is 0.253 e. The Bertz CT molecular complexity index is 1050. The molecule has 38 heavy (non-hydrogen) atoms. The minimum atomic E-state index is -0.772. The summed E-state index contributed by atoms with van der Waals surface area (Å²) < 4.78 is 11.6. The van der Waals surface area contributed by atoms with Crippen LogP contribution in [0.15, 0.2) is 39.9 Å². The van der Waals surface area contributed by atoms with E-state index in [0.29, 0.717) is 43.6 Å². The van der Waals surface area contributed by atoms with E-state index in [2.05, 4.69) is 22.3 Å². The van der Waals surface area contributed by atoms with Crippen molar-refractivity contribution in [2.24, 2.45) is 17.6 Å². The lowest BCUT2D eigenvalue weighted by atomic mass is 9.83. The lowest BCUT2D eigenvalue weighted by molar-refractivity contribution is -0.00235. The topological polar surface area (TPSA) is 114 Å². The van der Waals surface area contributed by atoms with Gasteiger partial charge in [0.05, 0.1) is 18.2 Å². The van der Waals surface area contributed by atoms with Gasteiger partial charge in [0.25, 0.3) is 10.9 Å². The molecular formula is C30H45N3O5. The zero-order chi connectivity index (χ0) is 26.9. The molecule has 1 saturated heterocycles. The minimum Gasteiger partial charge on any atom is -0.390 e. The summed E-state index contributed by atoms with van der Waals surface area (Å²) in [6.07, 6.45) is 8.51. The Labute approximate surface area is 226 Å². The van der Waals surface area contributed by atoms with Crippen LogP contribution in [0.1, 0.15) is 69.5 Å². The van der Waals surface area contributed by atoms with Gasteiger partial charge in [-0.1, -0.05) is 62.4 Å². The van der Waals surface area contributed by atoms with E-state index < -0.39 is 17.0 Å². The fourth-order valence-electron chi connectivity index (χ4n) is 6.28. The van der Waals surface area contributed by atoms with E-state index in [0.717, 1.165) is 44.1 Å². The third-order valence-electron chi connectivity index (χ3n) is 8.35. The van der Waals surface area contributed by atoms with Crippen molar-refractivity contribution in [3.63, 3.8) is 0 Å². The summed E-state index contributed by atoms with van der Waals surface area (Å²) in [5.74, 6) is 0.678. The van der Waals surface area contributed by atoms with Crippen LogP contribution < -0.4 is 26.8 Å². The van der Waals surface area contributed by atoms with Gasteiger partial charge in [-0.05, 0) is 37.2 Å².